The third-order valence-electron chi connectivity index (χ3n) is 3.31. The molecular formula is C15H19NO4. The summed E-state index contributed by atoms with van der Waals surface area (Å²) in [5.41, 5.74) is 1.96. The van der Waals surface area contributed by atoms with Gasteiger partial charge in [-0.15, -0.1) is 0 Å². The van der Waals surface area contributed by atoms with E-state index in [2.05, 4.69) is 0 Å². The number of hydrogen-bond acceptors (Lipinski definition) is 3. The van der Waals surface area contributed by atoms with Gasteiger partial charge in [0.05, 0.1) is 13.2 Å². The van der Waals surface area contributed by atoms with Gasteiger partial charge in [0.1, 0.15) is 6.04 Å². The molecule has 2 rings (SSSR count). The van der Waals surface area contributed by atoms with Crippen LogP contribution in [0.5, 0.6) is 0 Å². The first kappa shape index (κ1) is 14.4. The molecule has 0 aliphatic carbocycles. The normalized spacial score (nSPS) is 17.8. The number of nitrogens with zero attached hydrogens (tertiary/aromatic N) is 1. The Bertz CT molecular complexity index is 512. The molecule has 0 saturated heterocycles. The van der Waals surface area contributed by atoms with Gasteiger partial charge < -0.3 is 9.84 Å². The van der Waals surface area contributed by atoms with E-state index in [-0.39, 0.29) is 12.5 Å². The minimum Gasteiger partial charge on any atom is -0.480 e. The molecule has 5 heteroatoms. The summed E-state index contributed by atoms with van der Waals surface area (Å²) < 4.78 is 5.16. The van der Waals surface area contributed by atoms with Crippen molar-refractivity contribution in [3.8, 4) is 0 Å². The van der Waals surface area contributed by atoms with E-state index in [1.165, 1.54) is 4.90 Å². The fraction of sp³-hybridized carbons (Fsp3) is 0.467. The summed E-state index contributed by atoms with van der Waals surface area (Å²) in [4.78, 5) is 24.7. The van der Waals surface area contributed by atoms with Crippen molar-refractivity contribution in [3.05, 3.63) is 35.4 Å². The zero-order chi connectivity index (χ0) is 14.7. The van der Waals surface area contributed by atoms with Crippen molar-refractivity contribution in [1.29, 1.82) is 0 Å². The van der Waals surface area contributed by atoms with Crippen LogP contribution in [0, 0.1) is 5.92 Å². The first-order valence-electron chi connectivity index (χ1n) is 6.72. The van der Waals surface area contributed by atoms with E-state index in [0.717, 1.165) is 11.1 Å². The highest BCUT2D eigenvalue weighted by molar-refractivity contribution is 5.81. The van der Waals surface area contributed by atoms with E-state index in [1.54, 1.807) is 0 Å². The topological polar surface area (TPSA) is 66.8 Å². The Hall–Kier alpha value is -2.04. The number of carboxylic acid groups (broad SMARTS) is 1. The largest absolute Gasteiger partial charge is 0.480 e. The number of carbonyl (C=O) groups is 2. The minimum absolute atomic E-state index is 0.222. The van der Waals surface area contributed by atoms with Crippen LogP contribution in [0.4, 0.5) is 4.79 Å². The van der Waals surface area contributed by atoms with Gasteiger partial charge in [-0.1, -0.05) is 38.1 Å². The number of benzene rings is 1. The maximum Gasteiger partial charge on any atom is 0.410 e. The van der Waals surface area contributed by atoms with E-state index < -0.39 is 18.1 Å². The second kappa shape index (κ2) is 5.94. The molecule has 20 heavy (non-hydrogen) atoms. The molecule has 1 unspecified atom stereocenters. The van der Waals surface area contributed by atoms with Gasteiger partial charge in [0.15, 0.2) is 0 Å². The van der Waals surface area contributed by atoms with Crippen LogP contribution in [0.25, 0.3) is 0 Å². The molecule has 0 aromatic heterocycles. The fourth-order valence-corrected chi connectivity index (χ4v) is 2.26. The van der Waals surface area contributed by atoms with Crippen LogP contribution < -0.4 is 0 Å². The number of ether oxygens (including phenoxy) is 1. The molecule has 1 heterocycles. The van der Waals surface area contributed by atoms with Crippen molar-refractivity contribution in [1.82, 2.24) is 4.90 Å². The zero-order valence-electron chi connectivity index (χ0n) is 11.7. The van der Waals surface area contributed by atoms with Gasteiger partial charge in [-0.05, 0) is 17.0 Å². The monoisotopic (exact) mass is 277 g/mol. The molecule has 1 atom stereocenters. The molecule has 1 amide bonds. The van der Waals surface area contributed by atoms with Crippen LogP contribution in [-0.4, -0.2) is 34.7 Å². The number of rotatable bonds is 3. The lowest BCUT2D eigenvalue weighted by molar-refractivity contribution is -0.143. The summed E-state index contributed by atoms with van der Waals surface area (Å²) >= 11 is 0. The number of aliphatic carboxylic acids is 1. The van der Waals surface area contributed by atoms with Crippen LogP contribution >= 0.6 is 0 Å². The first-order chi connectivity index (χ1) is 9.49. The molecule has 0 radical (unpaired) electrons. The number of amides is 1. The molecule has 0 saturated carbocycles. The fourth-order valence-electron chi connectivity index (χ4n) is 2.26. The molecule has 5 nitrogen and oxygen atoms in total. The molecule has 0 fully saturated rings. The van der Waals surface area contributed by atoms with Crippen molar-refractivity contribution < 1.29 is 19.4 Å². The van der Waals surface area contributed by atoms with Gasteiger partial charge in [-0.3, -0.25) is 4.90 Å². The second-order valence-corrected chi connectivity index (χ2v) is 5.43. The molecule has 0 spiro atoms. The number of carbonyl (C=O) groups excluding carboxylic acids is 1. The van der Waals surface area contributed by atoms with Gasteiger partial charge in [0.2, 0.25) is 0 Å². The Morgan fingerprint density at radius 2 is 2.00 bits per heavy atom. The Kier molecular flexibility index (Phi) is 4.27. The van der Waals surface area contributed by atoms with Gasteiger partial charge in [-0.2, -0.15) is 0 Å². The first-order valence-corrected chi connectivity index (χ1v) is 6.72. The van der Waals surface area contributed by atoms with Crippen LogP contribution in [-0.2, 0) is 22.5 Å². The average molecular weight is 277 g/mol. The van der Waals surface area contributed by atoms with E-state index in [0.29, 0.717) is 13.0 Å². The highest BCUT2D eigenvalue weighted by atomic mass is 16.6. The van der Waals surface area contributed by atoms with Crippen molar-refractivity contribution in [2.45, 2.75) is 32.9 Å². The van der Waals surface area contributed by atoms with Crippen molar-refractivity contribution in [3.63, 3.8) is 0 Å². The smallest absolute Gasteiger partial charge is 0.410 e. The van der Waals surface area contributed by atoms with Gasteiger partial charge in [0, 0.05) is 6.42 Å². The predicted octanol–water partition coefficient (Wildman–Crippen LogP) is 2.29. The summed E-state index contributed by atoms with van der Waals surface area (Å²) in [7, 11) is 0. The molecule has 1 aliphatic heterocycles. The van der Waals surface area contributed by atoms with Gasteiger partial charge in [0.25, 0.3) is 0 Å². The summed E-state index contributed by atoms with van der Waals surface area (Å²) in [5, 5.41) is 9.31. The molecular weight excluding hydrogens is 258 g/mol. The second-order valence-electron chi connectivity index (χ2n) is 5.43. The van der Waals surface area contributed by atoms with Crippen molar-refractivity contribution in [2.24, 2.45) is 5.92 Å². The third kappa shape index (κ3) is 3.10. The van der Waals surface area contributed by atoms with E-state index in [4.69, 9.17) is 4.74 Å². The zero-order valence-corrected chi connectivity index (χ0v) is 11.7. The van der Waals surface area contributed by atoms with Crippen LogP contribution in [0.1, 0.15) is 25.0 Å². The summed E-state index contributed by atoms with van der Waals surface area (Å²) in [5.74, 6) is -0.777. The summed E-state index contributed by atoms with van der Waals surface area (Å²) in [6.45, 7) is 4.45. The number of hydrogen-bond donors (Lipinski definition) is 1. The van der Waals surface area contributed by atoms with E-state index in [9.17, 15) is 14.7 Å². The van der Waals surface area contributed by atoms with E-state index >= 15 is 0 Å². The Morgan fingerprint density at radius 1 is 1.35 bits per heavy atom. The van der Waals surface area contributed by atoms with Crippen molar-refractivity contribution >= 4 is 12.1 Å². The number of fused-ring (bicyclic) bond motifs is 1. The molecule has 1 N–H and O–H groups in total. The van der Waals surface area contributed by atoms with E-state index in [1.807, 2.05) is 38.1 Å². The third-order valence-corrected chi connectivity index (χ3v) is 3.31. The lowest BCUT2D eigenvalue weighted by Crippen LogP contribution is -2.49. The Balaban J connectivity index is 2.18. The van der Waals surface area contributed by atoms with Gasteiger partial charge in [-0.25, -0.2) is 9.59 Å². The highest BCUT2D eigenvalue weighted by Gasteiger charge is 2.35. The SMILES string of the molecule is CC(C)COC(=O)N1Cc2ccccc2CC1C(=O)O. The van der Waals surface area contributed by atoms with Gasteiger partial charge >= 0.3 is 12.1 Å². The number of carboxylic acids is 1. The highest BCUT2D eigenvalue weighted by Crippen LogP contribution is 2.24. The molecule has 1 aliphatic rings. The Labute approximate surface area is 118 Å². The molecule has 1 aromatic carbocycles. The molecule has 0 bridgehead atoms. The van der Waals surface area contributed by atoms with Crippen LogP contribution in [0.3, 0.4) is 0 Å². The summed E-state index contributed by atoms with van der Waals surface area (Å²) in [6, 6.07) is 6.73. The van der Waals surface area contributed by atoms with Crippen molar-refractivity contribution in [2.75, 3.05) is 6.61 Å². The minimum atomic E-state index is -0.999. The average Bonchev–Trinajstić information content (AvgIpc) is 2.43. The standard InChI is InChI=1S/C15H19NO4/c1-10(2)9-20-15(19)16-8-12-6-4-3-5-11(12)7-13(16)14(17)18/h3-6,10,13H,7-9H2,1-2H3,(H,17,18). The molecule has 1 aromatic rings. The predicted molar refractivity (Wildman–Crippen MR) is 73.3 cm³/mol. The lowest BCUT2D eigenvalue weighted by atomic mass is 9.94. The lowest BCUT2D eigenvalue weighted by Gasteiger charge is -2.33. The van der Waals surface area contributed by atoms with Crippen LogP contribution in [0.15, 0.2) is 24.3 Å². The molecule has 108 valence electrons. The quantitative estimate of drug-likeness (QED) is 0.920. The summed E-state index contributed by atoms with van der Waals surface area (Å²) in [6.07, 6.45) is -0.233. The Morgan fingerprint density at radius 3 is 2.60 bits per heavy atom. The maximum absolute atomic E-state index is 12.1. The maximum atomic E-state index is 12.1. The van der Waals surface area contributed by atoms with Crippen LogP contribution in [0.2, 0.25) is 0 Å².